The molecule has 2 aromatic rings. The van der Waals surface area contributed by atoms with Crippen molar-refractivity contribution in [1.82, 2.24) is 9.38 Å². The summed E-state index contributed by atoms with van der Waals surface area (Å²) < 4.78 is 3.00. The zero-order valence-corrected chi connectivity index (χ0v) is 11.7. The van der Waals surface area contributed by atoms with Gasteiger partial charge in [-0.15, -0.1) is 0 Å². The van der Waals surface area contributed by atoms with E-state index in [1.807, 2.05) is 23.6 Å². The summed E-state index contributed by atoms with van der Waals surface area (Å²) in [4.78, 5) is 4.64. The van der Waals surface area contributed by atoms with Crippen LogP contribution in [0.25, 0.3) is 5.65 Å². The van der Waals surface area contributed by atoms with Crippen LogP contribution >= 0.6 is 15.9 Å². The van der Waals surface area contributed by atoms with E-state index in [0.29, 0.717) is 12.3 Å². The number of fused-ring (bicyclic) bond motifs is 1. The van der Waals surface area contributed by atoms with Crippen LogP contribution in [0.3, 0.4) is 0 Å². The number of pyridine rings is 1. The number of hydrogen-bond donors (Lipinski definition) is 0. The third-order valence-electron chi connectivity index (χ3n) is 2.74. The Labute approximate surface area is 109 Å². The third kappa shape index (κ3) is 2.07. The van der Waals surface area contributed by atoms with Gasteiger partial charge in [0.25, 0.3) is 0 Å². The molecule has 0 saturated heterocycles. The van der Waals surface area contributed by atoms with Gasteiger partial charge in [-0.2, -0.15) is 5.26 Å². The molecule has 0 unspecified atom stereocenters. The van der Waals surface area contributed by atoms with Crippen LogP contribution < -0.4 is 0 Å². The highest BCUT2D eigenvalue weighted by atomic mass is 79.9. The number of halogens is 1. The van der Waals surface area contributed by atoms with Gasteiger partial charge in [-0.25, -0.2) is 4.98 Å². The van der Waals surface area contributed by atoms with Crippen molar-refractivity contribution < 1.29 is 0 Å². The maximum atomic E-state index is 8.94. The lowest BCUT2D eigenvalue weighted by Gasteiger charge is -2.04. The lowest BCUT2D eigenvalue weighted by molar-refractivity contribution is 0.814. The standard InChI is InChI=1S/C13H14BrN3/c1-8(2)12-11(4-5-15)17-7-9(3)6-10(14)13(17)16-12/h6-8H,4H2,1-3H3. The van der Waals surface area contributed by atoms with Crippen molar-refractivity contribution in [3.05, 3.63) is 33.7 Å². The minimum Gasteiger partial charge on any atom is -0.302 e. The fourth-order valence-corrected chi connectivity index (χ4v) is 2.65. The van der Waals surface area contributed by atoms with E-state index >= 15 is 0 Å². The van der Waals surface area contributed by atoms with Gasteiger partial charge in [-0.05, 0) is 40.4 Å². The van der Waals surface area contributed by atoms with Gasteiger partial charge < -0.3 is 4.40 Å². The Kier molecular flexibility index (Phi) is 3.21. The minimum atomic E-state index is 0.324. The summed E-state index contributed by atoms with van der Waals surface area (Å²) in [7, 11) is 0. The molecule has 2 heterocycles. The molecular formula is C13H14BrN3. The first-order chi connectivity index (χ1) is 8.04. The molecule has 0 aliphatic carbocycles. The van der Waals surface area contributed by atoms with Crippen molar-refractivity contribution in [3.63, 3.8) is 0 Å². The van der Waals surface area contributed by atoms with Gasteiger partial charge in [0.1, 0.15) is 0 Å². The van der Waals surface area contributed by atoms with Crippen molar-refractivity contribution in [1.29, 1.82) is 5.26 Å². The molecule has 88 valence electrons. The first kappa shape index (κ1) is 12.1. The number of rotatable bonds is 2. The van der Waals surface area contributed by atoms with Crippen LogP contribution in [0.2, 0.25) is 0 Å². The number of nitrogens with zero attached hydrogens (tertiary/aromatic N) is 3. The smallest absolute Gasteiger partial charge is 0.151 e. The van der Waals surface area contributed by atoms with Crippen molar-refractivity contribution in [3.8, 4) is 6.07 Å². The summed E-state index contributed by atoms with van der Waals surface area (Å²) in [5.41, 5.74) is 4.06. The van der Waals surface area contributed by atoms with Gasteiger partial charge in [0, 0.05) is 6.20 Å². The Morgan fingerprint density at radius 2 is 2.24 bits per heavy atom. The van der Waals surface area contributed by atoms with Gasteiger partial charge in [0.15, 0.2) is 5.65 Å². The van der Waals surface area contributed by atoms with Crippen LogP contribution in [0.5, 0.6) is 0 Å². The second kappa shape index (κ2) is 4.50. The fourth-order valence-electron chi connectivity index (χ4n) is 2.01. The number of imidazole rings is 1. The van der Waals surface area contributed by atoms with Crippen LogP contribution in [-0.4, -0.2) is 9.38 Å². The molecule has 0 aliphatic rings. The lowest BCUT2D eigenvalue weighted by atomic mass is 10.1. The summed E-state index contributed by atoms with van der Waals surface area (Å²) in [6, 6.07) is 4.26. The van der Waals surface area contributed by atoms with E-state index in [1.165, 1.54) is 0 Å². The average Bonchev–Trinajstić information content (AvgIpc) is 2.58. The molecule has 0 radical (unpaired) electrons. The Morgan fingerprint density at radius 1 is 1.53 bits per heavy atom. The average molecular weight is 292 g/mol. The Balaban J connectivity index is 2.81. The number of aryl methyl sites for hydroxylation is 1. The van der Waals surface area contributed by atoms with Crippen LogP contribution in [-0.2, 0) is 6.42 Å². The molecule has 0 spiro atoms. The fraction of sp³-hybridized carbons (Fsp3) is 0.385. The largest absolute Gasteiger partial charge is 0.302 e. The molecular weight excluding hydrogens is 278 g/mol. The zero-order chi connectivity index (χ0) is 12.6. The molecule has 2 rings (SSSR count). The molecule has 0 bridgehead atoms. The predicted molar refractivity (Wildman–Crippen MR) is 71.0 cm³/mol. The first-order valence-electron chi connectivity index (χ1n) is 5.58. The molecule has 3 nitrogen and oxygen atoms in total. The van der Waals surface area contributed by atoms with Gasteiger partial charge in [0.05, 0.1) is 28.4 Å². The van der Waals surface area contributed by atoms with E-state index in [1.54, 1.807) is 0 Å². The zero-order valence-electron chi connectivity index (χ0n) is 10.2. The minimum absolute atomic E-state index is 0.324. The van der Waals surface area contributed by atoms with Crippen LogP contribution in [0.4, 0.5) is 0 Å². The van der Waals surface area contributed by atoms with Crippen molar-refractivity contribution in [2.45, 2.75) is 33.1 Å². The topological polar surface area (TPSA) is 41.1 Å². The van der Waals surface area contributed by atoms with E-state index in [-0.39, 0.29) is 0 Å². The molecule has 0 saturated carbocycles. The molecule has 17 heavy (non-hydrogen) atoms. The highest BCUT2D eigenvalue weighted by Gasteiger charge is 2.16. The number of aromatic nitrogens is 2. The molecule has 4 heteroatoms. The third-order valence-corrected chi connectivity index (χ3v) is 3.32. The molecule has 0 aromatic carbocycles. The number of nitriles is 1. The van der Waals surface area contributed by atoms with E-state index in [2.05, 4.69) is 40.8 Å². The second-order valence-electron chi connectivity index (χ2n) is 4.49. The summed E-state index contributed by atoms with van der Waals surface area (Å²) in [5, 5.41) is 8.94. The summed E-state index contributed by atoms with van der Waals surface area (Å²) in [6.45, 7) is 6.24. The Hall–Kier alpha value is -1.34. The molecule has 0 amide bonds. The maximum Gasteiger partial charge on any atom is 0.151 e. The molecule has 0 atom stereocenters. The van der Waals surface area contributed by atoms with Crippen LogP contribution in [0.15, 0.2) is 16.7 Å². The molecule has 0 aliphatic heterocycles. The van der Waals surface area contributed by atoms with E-state index < -0.39 is 0 Å². The van der Waals surface area contributed by atoms with Crippen LogP contribution in [0.1, 0.15) is 36.7 Å². The first-order valence-corrected chi connectivity index (χ1v) is 6.37. The van der Waals surface area contributed by atoms with Crippen molar-refractivity contribution in [2.75, 3.05) is 0 Å². The number of hydrogen-bond acceptors (Lipinski definition) is 2. The highest BCUT2D eigenvalue weighted by Crippen LogP contribution is 2.26. The highest BCUT2D eigenvalue weighted by molar-refractivity contribution is 9.10. The normalized spacial score (nSPS) is 11.1. The van der Waals surface area contributed by atoms with E-state index in [0.717, 1.165) is 27.1 Å². The second-order valence-corrected chi connectivity index (χ2v) is 5.35. The Bertz CT molecular complexity index is 605. The SMILES string of the molecule is Cc1cc(Br)c2nc(C(C)C)c(CC#N)n2c1. The summed E-state index contributed by atoms with van der Waals surface area (Å²) in [5.74, 6) is 0.324. The predicted octanol–water partition coefficient (Wildman–Crippen LogP) is 3.59. The van der Waals surface area contributed by atoms with Gasteiger partial charge in [-0.1, -0.05) is 13.8 Å². The van der Waals surface area contributed by atoms with Crippen LogP contribution in [0, 0.1) is 18.3 Å². The lowest BCUT2D eigenvalue weighted by Crippen LogP contribution is -1.98. The molecule has 0 N–H and O–H groups in total. The van der Waals surface area contributed by atoms with E-state index in [9.17, 15) is 0 Å². The quantitative estimate of drug-likeness (QED) is 0.848. The Morgan fingerprint density at radius 3 is 2.82 bits per heavy atom. The van der Waals surface area contributed by atoms with Gasteiger partial charge >= 0.3 is 0 Å². The van der Waals surface area contributed by atoms with E-state index in [4.69, 9.17) is 5.26 Å². The van der Waals surface area contributed by atoms with Crippen molar-refractivity contribution in [2.24, 2.45) is 0 Å². The van der Waals surface area contributed by atoms with Gasteiger partial charge in [0.2, 0.25) is 0 Å². The summed E-state index contributed by atoms with van der Waals surface area (Å²) in [6.07, 6.45) is 2.43. The monoisotopic (exact) mass is 291 g/mol. The molecule has 0 fully saturated rings. The molecule has 2 aromatic heterocycles. The van der Waals surface area contributed by atoms with Crippen molar-refractivity contribution >= 4 is 21.6 Å². The summed E-state index contributed by atoms with van der Waals surface area (Å²) >= 11 is 3.53. The maximum absolute atomic E-state index is 8.94. The van der Waals surface area contributed by atoms with Gasteiger partial charge in [-0.3, -0.25) is 0 Å².